The van der Waals surface area contributed by atoms with Gasteiger partial charge in [0, 0.05) is 45.3 Å². The van der Waals surface area contributed by atoms with Gasteiger partial charge in [0.1, 0.15) is 12.2 Å². The fraction of sp³-hybridized carbons (Fsp3) is 0.421. The molecule has 7 nitrogen and oxygen atoms in total. The van der Waals surface area contributed by atoms with Crippen LogP contribution in [0.2, 0.25) is 0 Å². The van der Waals surface area contributed by atoms with E-state index in [0.717, 1.165) is 30.9 Å². The lowest BCUT2D eigenvalue weighted by Gasteiger charge is -2.35. The lowest BCUT2D eigenvalue weighted by atomic mass is 10.2. The molecule has 0 spiro atoms. The smallest absolute Gasteiger partial charge is 0.246 e. The normalized spacial score (nSPS) is 15.4. The molecule has 1 aliphatic heterocycles. The van der Waals surface area contributed by atoms with Crippen molar-refractivity contribution in [1.29, 1.82) is 0 Å². The van der Waals surface area contributed by atoms with Gasteiger partial charge < -0.3 is 9.80 Å². The van der Waals surface area contributed by atoms with Gasteiger partial charge in [0.05, 0.1) is 0 Å². The van der Waals surface area contributed by atoms with E-state index in [4.69, 9.17) is 0 Å². The number of amides is 1. The Hall–Kier alpha value is -2.83. The molecule has 26 heavy (non-hydrogen) atoms. The van der Waals surface area contributed by atoms with E-state index in [2.05, 4.69) is 47.1 Å². The first kappa shape index (κ1) is 21.2. The van der Waals surface area contributed by atoms with Crippen molar-refractivity contribution in [1.82, 2.24) is 20.3 Å². The van der Waals surface area contributed by atoms with Crippen molar-refractivity contribution < 1.29 is 4.79 Å². The maximum absolute atomic E-state index is 11.6. The number of piperazine rings is 1. The first-order valence-electron chi connectivity index (χ1n) is 8.65. The van der Waals surface area contributed by atoms with Crippen molar-refractivity contribution in [2.45, 2.75) is 20.3 Å². The van der Waals surface area contributed by atoms with Crippen LogP contribution in [0.4, 0.5) is 0 Å². The quantitative estimate of drug-likeness (QED) is 0.237. The average molecular weight is 358 g/mol. The summed E-state index contributed by atoms with van der Waals surface area (Å²) >= 11 is 0. The molecule has 0 aromatic heterocycles. The van der Waals surface area contributed by atoms with Crippen LogP contribution >= 0.6 is 0 Å². The van der Waals surface area contributed by atoms with E-state index < -0.39 is 0 Å². The highest BCUT2D eigenvalue weighted by molar-refractivity contribution is 5.89. The van der Waals surface area contributed by atoms with Crippen molar-refractivity contribution >= 4 is 18.1 Å². The van der Waals surface area contributed by atoms with E-state index in [0.29, 0.717) is 18.8 Å². The van der Waals surface area contributed by atoms with Gasteiger partial charge in [-0.1, -0.05) is 38.3 Å². The Morgan fingerprint density at radius 3 is 2.35 bits per heavy atom. The molecular weight excluding hydrogens is 328 g/mol. The van der Waals surface area contributed by atoms with Crippen molar-refractivity contribution in [3.63, 3.8) is 0 Å². The van der Waals surface area contributed by atoms with Crippen LogP contribution in [-0.4, -0.2) is 66.2 Å². The van der Waals surface area contributed by atoms with Gasteiger partial charge >= 0.3 is 0 Å². The van der Waals surface area contributed by atoms with Gasteiger partial charge in [0.25, 0.3) is 0 Å². The summed E-state index contributed by atoms with van der Waals surface area (Å²) in [7, 11) is 1.77. The van der Waals surface area contributed by atoms with E-state index in [1.807, 2.05) is 19.1 Å². The Morgan fingerprint density at radius 2 is 1.81 bits per heavy atom. The van der Waals surface area contributed by atoms with Gasteiger partial charge in [-0.05, 0) is 19.1 Å². The minimum atomic E-state index is -0.0187. The maximum Gasteiger partial charge on any atom is 0.246 e. The maximum atomic E-state index is 11.6. The predicted octanol–water partition coefficient (Wildman–Crippen LogP) is 2.15. The number of carbonyl (C=O) groups excluding carboxylic acids is 1. The molecule has 1 aliphatic rings. The minimum absolute atomic E-state index is 0.0187. The third-order valence-electron chi connectivity index (χ3n) is 3.75. The van der Waals surface area contributed by atoms with Crippen molar-refractivity contribution in [3.05, 3.63) is 49.2 Å². The summed E-state index contributed by atoms with van der Waals surface area (Å²) < 4.78 is 0. The van der Waals surface area contributed by atoms with Gasteiger partial charge in [-0.2, -0.15) is 0 Å². The summed E-state index contributed by atoms with van der Waals surface area (Å²) in [5, 5.41) is 5.76. The topological polar surface area (TPSA) is 63.5 Å². The van der Waals surface area contributed by atoms with Crippen LogP contribution in [0.1, 0.15) is 20.3 Å². The summed E-state index contributed by atoms with van der Waals surface area (Å²) in [5.41, 5.74) is 4.66. The molecule has 1 N–H and O–H groups in total. The zero-order valence-electron chi connectivity index (χ0n) is 16.1. The fourth-order valence-electron chi connectivity index (χ4n) is 2.40. The Morgan fingerprint density at radius 1 is 1.19 bits per heavy atom. The van der Waals surface area contributed by atoms with Gasteiger partial charge in [0.15, 0.2) is 0 Å². The Balaban J connectivity index is 2.54. The molecule has 0 aliphatic carbocycles. The Kier molecular flexibility index (Phi) is 8.91. The number of aliphatic imine (C=N–C) groups is 1. The number of allylic oxidation sites excluding steroid dienone is 3. The molecule has 142 valence electrons. The molecule has 0 aromatic carbocycles. The second kappa shape index (κ2) is 10.9. The Bertz CT molecular complexity index is 612. The van der Waals surface area contributed by atoms with Crippen molar-refractivity contribution in [2.24, 2.45) is 10.1 Å². The molecule has 1 saturated heterocycles. The minimum Gasteiger partial charge on any atom is -0.356 e. The molecule has 1 heterocycles. The summed E-state index contributed by atoms with van der Waals surface area (Å²) in [6, 6.07) is 0. The number of nitrogens with zero attached hydrogens (tertiary/aromatic N) is 5. The number of hydrazine groups is 1. The highest BCUT2D eigenvalue weighted by Gasteiger charge is 2.20. The van der Waals surface area contributed by atoms with Gasteiger partial charge in [-0.15, -0.1) is 5.10 Å². The third kappa shape index (κ3) is 7.38. The summed E-state index contributed by atoms with van der Waals surface area (Å²) in [6.45, 7) is 18.1. The molecule has 7 heteroatoms. The van der Waals surface area contributed by atoms with E-state index in [-0.39, 0.29) is 5.91 Å². The highest BCUT2D eigenvalue weighted by Crippen LogP contribution is 2.05. The fourth-order valence-corrected chi connectivity index (χ4v) is 2.40. The second-order valence-electron chi connectivity index (χ2n) is 5.99. The van der Waals surface area contributed by atoms with Crippen LogP contribution in [0.25, 0.3) is 0 Å². The zero-order chi connectivity index (χ0) is 19.5. The predicted molar refractivity (Wildman–Crippen MR) is 109 cm³/mol. The molecule has 0 atom stereocenters. The first-order valence-corrected chi connectivity index (χ1v) is 8.65. The molecule has 0 saturated carbocycles. The average Bonchev–Trinajstić information content (AvgIpc) is 2.63. The molecular formula is C19H30N6O. The van der Waals surface area contributed by atoms with E-state index in [1.165, 1.54) is 12.4 Å². The summed E-state index contributed by atoms with van der Waals surface area (Å²) in [6.07, 6.45) is 7.38. The standard InChI is InChI=1S/C19H30N6O/c1-7-18(24-11-13-25(14-12-24)19(26)8-2)20-15-21-23(6)22-17(5)10-9-16(3)4/h8-10,15,22H,2-3,5,7,11-14H2,1,4,6H3/b10-9-,20-18+,21-15-. The number of amidine groups is 1. The molecule has 1 rings (SSSR count). The van der Waals surface area contributed by atoms with Crippen LogP contribution in [0, 0.1) is 0 Å². The number of hydrazone groups is 1. The zero-order valence-corrected chi connectivity index (χ0v) is 16.1. The van der Waals surface area contributed by atoms with E-state index >= 15 is 0 Å². The van der Waals surface area contributed by atoms with E-state index in [1.54, 1.807) is 17.1 Å². The molecule has 0 aromatic rings. The summed E-state index contributed by atoms with van der Waals surface area (Å²) in [5.74, 6) is 0.934. The number of rotatable bonds is 8. The van der Waals surface area contributed by atoms with E-state index in [9.17, 15) is 4.79 Å². The Labute approximate surface area is 156 Å². The SMILES string of the molecule is C=CC(=O)N1CCN(/C(CC)=N/C=N\N(C)NC(=C)/C=C\C(=C)C)CC1. The largest absolute Gasteiger partial charge is 0.356 e. The molecule has 0 bridgehead atoms. The van der Waals surface area contributed by atoms with Gasteiger partial charge in [-0.25, -0.2) is 10.1 Å². The molecule has 1 fully saturated rings. The van der Waals surface area contributed by atoms with Gasteiger partial charge in [0.2, 0.25) is 5.91 Å². The van der Waals surface area contributed by atoms with Gasteiger partial charge in [-0.3, -0.25) is 10.2 Å². The van der Waals surface area contributed by atoms with Crippen molar-refractivity contribution in [2.75, 3.05) is 33.2 Å². The molecule has 1 amide bonds. The van der Waals surface area contributed by atoms with Crippen LogP contribution in [0.15, 0.2) is 59.3 Å². The lowest BCUT2D eigenvalue weighted by Crippen LogP contribution is -2.50. The molecule has 0 unspecified atom stereocenters. The third-order valence-corrected chi connectivity index (χ3v) is 3.75. The van der Waals surface area contributed by atoms with Crippen LogP contribution in [0.5, 0.6) is 0 Å². The highest BCUT2D eigenvalue weighted by atomic mass is 16.2. The number of carbonyl (C=O) groups is 1. The summed E-state index contributed by atoms with van der Waals surface area (Å²) in [4.78, 5) is 20.1. The lowest BCUT2D eigenvalue weighted by molar-refractivity contribution is -0.127. The van der Waals surface area contributed by atoms with Crippen molar-refractivity contribution in [3.8, 4) is 0 Å². The van der Waals surface area contributed by atoms with Crippen LogP contribution < -0.4 is 5.43 Å². The number of nitrogens with one attached hydrogen (secondary N) is 1. The van der Waals surface area contributed by atoms with Crippen LogP contribution in [-0.2, 0) is 4.79 Å². The first-order chi connectivity index (χ1) is 12.4. The second-order valence-corrected chi connectivity index (χ2v) is 5.99. The number of hydrogen-bond acceptors (Lipinski definition) is 4. The number of hydrogen-bond donors (Lipinski definition) is 1. The monoisotopic (exact) mass is 358 g/mol. The van der Waals surface area contributed by atoms with Crippen LogP contribution in [0.3, 0.4) is 0 Å². The molecule has 0 radical (unpaired) electrons.